The summed E-state index contributed by atoms with van der Waals surface area (Å²) in [5, 5.41) is 0. The summed E-state index contributed by atoms with van der Waals surface area (Å²) in [5.41, 5.74) is 8.07. The minimum atomic E-state index is -0.186. The molecule has 0 aromatic heterocycles. The van der Waals surface area contributed by atoms with Crippen LogP contribution in [0.25, 0.3) is 11.1 Å². The lowest BCUT2D eigenvalue weighted by Gasteiger charge is -2.11. The summed E-state index contributed by atoms with van der Waals surface area (Å²) >= 11 is 0. The van der Waals surface area contributed by atoms with E-state index in [0.29, 0.717) is 12.1 Å². The molecule has 1 nitrogen and oxygen atoms in total. The maximum atomic E-state index is 14.0. The van der Waals surface area contributed by atoms with Crippen LogP contribution in [0, 0.1) is 5.82 Å². The van der Waals surface area contributed by atoms with Crippen molar-refractivity contribution < 1.29 is 4.39 Å². The van der Waals surface area contributed by atoms with Crippen molar-refractivity contribution in [2.24, 2.45) is 5.73 Å². The van der Waals surface area contributed by atoms with E-state index in [9.17, 15) is 4.39 Å². The number of rotatable bonds is 3. The zero-order chi connectivity index (χ0) is 12.3. The van der Waals surface area contributed by atoms with Crippen molar-refractivity contribution in [1.29, 1.82) is 0 Å². The summed E-state index contributed by atoms with van der Waals surface area (Å²) in [6.07, 6.45) is 0. The smallest absolute Gasteiger partial charge is 0.131 e. The van der Waals surface area contributed by atoms with E-state index in [1.165, 1.54) is 0 Å². The molecular formula is C15H17ClFN. The van der Waals surface area contributed by atoms with Crippen molar-refractivity contribution in [3.63, 3.8) is 0 Å². The third-order valence-electron chi connectivity index (χ3n) is 3.00. The summed E-state index contributed by atoms with van der Waals surface area (Å²) in [7, 11) is 0. The van der Waals surface area contributed by atoms with Crippen molar-refractivity contribution in [3.05, 3.63) is 59.9 Å². The van der Waals surface area contributed by atoms with Crippen LogP contribution in [0.2, 0.25) is 0 Å². The SMILES string of the molecule is CC(CN)c1ccc(-c2ccccc2)c(F)c1.Cl. The minimum absolute atomic E-state index is 0. The zero-order valence-electron chi connectivity index (χ0n) is 10.3. The Morgan fingerprint density at radius 3 is 2.33 bits per heavy atom. The molecule has 0 radical (unpaired) electrons. The number of benzene rings is 2. The third-order valence-corrected chi connectivity index (χ3v) is 3.00. The molecule has 0 spiro atoms. The molecule has 0 saturated heterocycles. The molecule has 0 fully saturated rings. The lowest BCUT2D eigenvalue weighted by Crippen LogP contribution is -2.09. The molecule has 96 valence electrons. The summed E-state index contributed by atoms with van der Waals surface area (Å²) in [5.74, 6) is 0.00308. The van der Waals surface area contributed by atoms with Crippen LogP contribution < -0.4 is 5.73 Å². The molecule has 0 saturated carbocycles. The predicted octanol–water partition coefficient (Wildman–Crippen LogP) is 3.98. The van der Waals surface area contributed by atoms with Crippen LogP contribution in [0.5, 0.6) is 0 Å². The predicted molar refractivity (Wildman–Crippen MR) is 76.6 cm³/mol. The monoisotopic (exact) mass is 265 g/mol. The van der Waals surface area contributed by atoms with E-state index in [1.807, 2.05) is 49.4 Å². The molecule has 0 aliphatic rings. The van der Waals surface area contributed by atoms with Crippen molar-refractivity contribution in [2.45, 2.75) is 12.8 Å². The van der Waals surface area contributed by atoms with Gasteiger partial charge in [-0.05, 0) is 29.7 Å². The van der Waals surface area contributed by atoms with E-state index >= 15 is 0 Å². The highest BCUT2D eigenvalue weighted by Crippen LogP contribution is 2.25. The van der Waals surface area contributed by atoms with Gasteiger partial charge in [0.15, 0.2) is 0 Å². The number of nitrogens with two attached hydrogens (primary N) is 1. The maximum Gasteiger partial charge on any atom is 0.131 e. The fraction of sp³-hybridized carbons (Fsp3) is 0.200. The number of hydrogen-bond donors (Lipinski definition) is 1. The van der Waals surface area contributed by atoms with E-state index in [-0.39, 0.29) is 24.1 Å². The lowest BCUT2D eigenvalue weighted by molar-refractivity contribution is 0.625. The maximum absolute atomic E-state index is 14.0. The molecule has 0 aliphatic carbocycles. The van der Waals surface area contributed by atoms with Crippen molar-refractivity contribution >= 4 is 12.4 Å². The normalized spacial score (nSPS) is 11.7. The highest BCUT2D eigenvalue weighted by molar-refractivity contribution is 5.85. The van der Waals surface area contributed by atoms with Gasteiger partial charge >= 0.3 is 0 Å². The van der Waals surface area contributed by atoms with Gasteiger partial charge < -0.3 is 5.73 Å². The van der Waals surface area contributed by atoms with Gasteiger partial charge in [-0.15, -0.1) is 12.4 Å². The molecule has 2 N–H and O–H groups in total. The molecule has 0 aliphatic heterocycles. The highest BCUT2D eigenvalue weighted by Gasteiger charge is 2.09. The quantitative estimate of drug-likeness (QED) is 0.893. The van der Waals surface area contributed by atoms with E-state index in [2.05, 4.69) is 0 Å². The van der Waals surface area contributed by atoms with Crippen molar-refractivity contribution in [1.82, 2.24) is 0 Å². The molecule has 1 atom stereocenters. The Labute approximate surface area is 113 Å². The largest absolute Gasteiger partial charge is 0.330 e. The van der Waals surface area contributed by atoms with Crippen LogP contribution >= 0.6 is 12.4 Å². The molecule has 0 amide bonds. The van der Waals surface area contributed by atoms with E-state index in [1.54, 1.807) is 6.07 Å². The number of halogens is 2. The first kappa shape index (κ1) is 14.7. The van der Waals surface area contributed by atoms with Crippen molar-refractivity contribution in [2.75, 3.05) is 6.54 Å². The average Bonchev–Trinajstić information content (AvgIpc) is 2.38. The number of hydrogen-bond acceptors (Lipinski definition) is 1. The Morgan fingerprint density at radius 1 is 1.11 bits per heavy atom. The first-order valence-electron chi connectivity index (χ1n) is 5.77. The van der Waals surface area contributed by atoms with E-state index < -0.39 is 0 Å². The second kappa shape index (κ2) is 6.53. The van der Waals surface area contributed by atoms with E-state index in [4.69, 9.17) is 5.73 Å². The second-order valence-electron chi connectivity index (χ2n) is 4.24. The average molecular weight is 266 g/mol. The minimum Gasteiger partial charge on any atom is -0.330 e. The summed E-state index contributed by atoms with van der Waals surface area (Å²) in [4.78, 5) is 0. The van der Waals surface area contributed by atoms with Gasteiger partial charge in [-0.1, -0.05) is 49.4 Å². The molecule has 2 aromatic carbocycles. The van der Waals surface area contributed by atoms with Crippen LogP contribution in [0.1, 0.15) is 18.4 Å². The highest BCUT2D eigenvalue weighted by atomic mass is 35.5. The molecule has 2 aromatic rings. The van der Waals surface area contributed by atoms with Gasteiger partial charge in [-0.2, -0.15) is 0 Å². The Kier molecular flexibility index (Phi) is 5.32. The van der Waals surface area contributed by atoms with Crippen LogP contribution in [0.15, 0.2) is 48.5 Å². The van der Waals surface area contributed by atoms with Crippen LogP contribution in [0.4, 0.5) is 4.39 Å². The molecular weight excluding hydrogens is 249 g/mol. The van der Waals surface area contributed by atoms with Gasteiger partial charge in [-0.25, -0.2) is 4.39 Å². The molecule has 18 heavy (non-hydrogen) atoms. The Balaban J connectivity index is 0.00000162. The summed E-state index contributed by atoms with van der Waals surface area (Å²) in [6.45, 7) is 2.53. The van der Waals surface area contributed by atoms with Gasteiger partial charge in [0.05, 0.1) is 0 Å². The molecule has 0 heterocycles. The second-order valence-corrected chi connectivity index (χ2v) is 4.24. The van der Waals surface area contributed by atoms with Crippen molar-refractivity contribution in [3.8, 4) is 11.1 Å². The Hall–Kier alpha value is -1.38. The summed E-state index contributed by atoms with van der Waals surface area (Å²) in [6, 6.07) is 14.9. The first-order valence-corrected chi connectivity index (χ1v) is 5.77. The fourth-order valence-electron chi connectivity index (χ4n) is 1.83. The van der Waals surface area contributed by atoms with Crippen LogP contribution in [-0.4, -0.2) is 6.54 Å². The Morgan fingerprint density at radius 2 is 1.78 bits per heavy atom. The molecule has 2 rings (SSSR count). The fourth-order valence-corrected chi connectivity index (χ4v) is 1.83. The van der Waals surface area contributed by atoms with Gasteiger partial charge in [-0.3, -0.25) is 0 Å². The van der Waals surface area contributed by atoms with Gasteiger partial charge in [0.1, 0.15) is 5.82 Å². The van der Waals surface area contributed by atoms with Gasteiger partial charge in [0.25, 0.3) is 0 Å². The third kappa shape index (κ3) is 3.09. The van der Waals surface area contributed by atoms with Gasteiger partial charge in [0, 0.05) is 5.56 Å². The standard InChI is InChI=1S/C15H16FN.ClH/c1-11(10-17)13-7-8-14(15(16)9-13)12-5-3-2-4-6-12;/h2-9,11H,10,17H2,1H3;1H. The topological polar surface area (TPSA) is 26.0 Å². The van der Waals surface area contributed by atoms with Crippen LogP contribution in [0.3, 0.4) is 0 Å². The van der Waals surface area contributed by atoms with Gasteiger partial charge in [0.2, 0.25) is 0 Å². The lowest BCUT2D eigenvalue weighted by atomic mass is 9.97. The summed E-state index contributed by atoms with van der Waals surface area (Å²) < 4.78 is 14.0. The zero-order valence-corrected chi connectivity index (χ0v) is 11.1. The molecule has 1 unspecified atom stereocenters. The first-order chi connectivity index (χ1) is 8.22. The van der Waals surface area contributed by atoms with E-state index in [0.717, 1.165) is 11.1 Å². The molecule has 0 bridgehead atoms. The molecule has 3 heteroatoms. The van der Waals surface area contributed by atoms with Crippen LogP contribution in [-0.2, 0) is 0 Å². The Bertz CT molecular complexity index is 499.